The van der Waals surface area contributed by atoms with Gasteiger partial charge in [0, 0.05) is 49.7 Å². The minimum absolute atomic E-state index is 0.197. The fourth-order valence-corrected chi connectivity index (χ4v) is 5.23. The molecule has 8 amide bonds. The average Bonchev–Trinajstić information content (AvgIpc) is 3.52. The first-order valence-electron chi connectivity index (χ1n) is 12.2. The molecule has 12 nitrogen and oxygen atoms in total. The second-order valence-electron chi connectivity index (χ2n) is 9.61. The Morgan fingerprint density at radius 2 is 0.675 bits per heavy atom. The number of aromatic amines is 2. The van der Waals surface area contributed by atoms with Crippen LogP contribution in [0.25, 0.3) is 32.7 Å². The first-order valence-corrected chi connectivity index (χ1v) is 12.2. The summed E-state index contributed by atoms with van der Waals surface area (Å²) < 4.78 is 0. The Morgan fingerprint density at radius 1 is 0.425 bits per heavy atom. The van der Waals surface area contributed by atoms with Gasteiger partial charge < -0.3 is 9.97 Å². The minimum atomic E-state index is -0.742. The number of carbonyl (C=O) groups excluding carboxylic acids is 6. The molecule has 0 bridgehead atoms. The molecule has 2 aromatic heterocycles. The standard InChI is InChI=1S/C28H22N6O6/c1-31-23(35)17(24(36)32(2)27(31)39)19-13-9-5-7-11-15(13)21(29-19)22-16-12-8-6-10-14(16)20(30-22)18-25(37)33(3)28(40)34(4)26(18)38/h5-12,29-30H,1-4H3. The van der Waals surface area contributed by atoms with Crippen molar-refractivity contribution in [2.75, 3.05) is 28.2 Å². The molecule has 0 aliphatic carbocycles. The van der Waals surface area contributed by atoms with Gasteiger partial charge in [-0.2, -0.15) is 0 Å². The Kier molecular flexibility index (Phi) is 5.27. The van der Waals surface area contributed by atoms with Crippen LogP contribution in [-0.2, 0) is 19.2 Å². The topological polar surface area (TPSA) is 147 Å². The summed E-state index contributed by atoms with van der Waals surface area (Å²) in [6.07, 6.45) is 0. The summed E-state index contributed by atoms with van der Waals surface area (Å²) >= 11 is 0. The van der Waals surface area contributed by atoms with Gasteiger partial charge in [-0.25, -0.2) is 9.59 Å². The highest BCUT2D eigenvalue weighted by Gasteiger charge is 2.40. The molecule has 0 atom stereocenters. The molecule has 200 valence electrons. The molecule has 12 heteroatoms. The molecule has 2 saturated heterocycles. The second kappa shape index (κ2) is 8.50. The summed E-state index contributed by atoms with van der Waals surface area (Å²) in [6, 6.07) is 12.8. The maximum absolute atomic E-state index is 13.1. The Labute approximate surface area is 225 Å². The highest BCUT2D eigenvalue weighted by molar-refractivity contribution is 6.47. The number of imide groups is 4. The van der Waals surface area contributed by atoms with Crippen molar-refractivity contribution in [3.63, 3.8) is 0 Å². The van der Waals surface area contributed by atoms with Gasteiger partial charge >= 0.3 is 12.1 Å². The molecule has 6 rings (SSSR count). The third kappa shape index (κ3) is 3.19. The molecule has 2 aromatic carbocycles. The lowest BCUT2D eigenvalue weighted by Gasteiger charge is -2.28. The fraction of sp³-hybridized carbons (Fsp3) is 0.143. The highest BCUT2D eigenvalue weighted by Crippen LogP contribution is 2.21. The molecule has 2 aliphatic heterocycles. The Hall–Kier alpha value is -5.52. The number of amides is 8. The van der Waals surface area contributed by atoms with Crippen LogP contribution < -0.4 is 10.7 Å². The minimum Gasteiger partial charge on any atom is -0.352 e. The predicted molar refractivity (Wildman–Crippen MR) is 142 cm³/mol. The van der Waals surface area contributed by atoms with Gasteiger partial charge in [0.15, 0.2) is 0 Å². The molecular formula is C28H22N6O6. The number of barbiturate groups is 2. The molecular weight excluding hydrogens is 516 g/mol. The molecule has 4 aromatic rings. The molecule has 2 aliphatic rings. The summed E-state index contributed by atoms with van der Waals surface area (Å²) in [5, 5.41) is 3.89. The predicted octanol–water partition coefficient (Wildman–Crippen LogP) is 0.338. The molecule has 2 N–H and O–H groups in total. The SMILES string of the molecule is CN1C(=O)C(=c2[nH]c(=c3[nH]c(=C4C(=O)N(C)C(=O)N(C)C4=O)c4ccccc34)c3ccccc23)C(=O)N(C)C1=O. The van der Waals surface area contributed by atoms with E-state index in [-0.39, 0.29) is 21.8 Å². The number of aromatic nitrogens is 2. The largest absolute Gasteiger partial charge is 0.352 e. The maximum atomic E-state index is 13.1. The van der Waals surface area contributed by atoms with E-state index in [0.29, 0.717) is 32.2 Å². The van der Waals surface area contributed by atoms with Gasteiger partial charge in [-0.3, -0.25) is 38.8 Å². The number of carbonyl (C=O) groups is 6. The zero-order valence-corrected chi connectivity index (χ0v) is 21.9. The number of hydrogen-bond acceptors (Lipinski definition) is 6. The second-order valence-corrected chi connectivity index (χ2v) is 9.61. The first kappa shape index (κ1) is 24.8. The van der Waals surface area contributed by atoms with E-state index in [9.17, 15) is 28.8 Å². The zero-order chi connectivity index (χ0) is 28.6. The van der Waals surface area contributed by atoms with Crippen molar-refractivity contribution < 1.29 is 28.8 Å². The quantitative estimate of drug-likeness (QED) is 0.330. The Balaban J connectivity index is 1.83. The zero-order valence-electron chi connectivity index (χ0n) is 21.9. The molecule has 0 radical (unpaired) electrons. The van der Waals surface area contributed by atoms with E-state index in [2.05, 4.69) is 9.97 Å². The van der Waals surface area contributed by atoms with E-state index in [4.69, 9.17) is 0 Å². The summed E-state index contributed by atoms with van der Waals surface area (Å²) in [5.41, 5.74) is -0.395. The van der Waals surface area contributed by atoms with Crippen LogP contribution in [0.15, 0.2) is 48.5 Å². The lowest BCUT2D eigenvalue weighted by molar-refractivity contribution is -0.132. The van der Waals surface area contributed by atoms with E-state index >= 15 is 0 Å². The van der Waals surface area contributed by atoms with Gasteiger partial charge in [-0.15, -0.1) is 0 Å². The van der Waals surface area contributed by atoms with Crippen LogP contribution in [0.2, 0.25) is 0 Å². The number of nitrogens with one attached hydrogen (secondary N) is 2. The van der Waals surface area contributed by atoms with Gasteiger partial charge in [0.2, 0.25) is 0 Å². The molecule has 0 saturated carbocycles. The maximum Gasteiger partial charge on any atom is 0.333 e. The van der Waals surface area contributed by atoms with Crippen LogP contribution >= 0.6 is 0 Å². The van der Waals surface area contributed by atoms with E-state index in [1.807, 2.05) is 0 Å². The number of fused-ring (bicyclic) bond motifs is 2. The van der Waals surface area contributed by atoms with E-state index in [0.717, 1.165) is 19.6 Å². The number of benzene rings is 2. The van der Waals surface area contributed by atoms with Crippen molar-refractivity contribution in [3.05, 3.63) is 69.9 Å². The molecule has 4 heterocycles. The number of urea groups is 2. The van der Waals surface area contributed by atoms with Crippen molar-refractivity contribution >= 4 is 68.4 Å². The smallest absolute Gasteiger partial charge is 0.333 e. The van der Waals surface area contributed by atoms with E-state index < -0.39 is 35.7 Å². The normalized spacial score (nSPS) is 17.9. The first-order chi connectivity index (χ1) is 19.0. The van der Waals surface area contributed by atoms with E-state index in [1.54, 1.807) is 48.5 Å². The number of rotatable bonds is 0. The van der Waals surface area contributed by atoms with Crippen molar-refractivity contribution in [2.45, 2.75) is 0 Å². The average molecular weight is 539 g/mol. The van der Waals surface area contributed by atoms with Crippen LogP contribution in [0.5, 0.6) is 0 Å². The van der Waals surface area contributed by atoms with Gasteiger partial charge in [0.1, 0.15) is 11.1 Å². The molecule has 2 fully saturated rings. The molecule has 0 spiro atoms. The van der Waals surface area contributed by atoms with E-state index in [1.165, 1.54) is 28.2 Å². The highest BCUT2D eigenvalue weighted by atomic mass is 16.2. The Bertz CT molecular complexity index is 1900. The third-order valence-electron chi connectivity index (χ3n) is 7.40. The summed E-state index contributed by atoms with van der Waals surface area (Å²) in [4.78, 5) is 87.2. The third-order valence-corrected chi connectivity index (χ3v) is 7.40. The van der Waals surface area contributed by atoms with Gasteiger partial charge in [-0.1, -0.05) is 48.5 Å². The van der Waals surface area contributed by atoms with Crippen LogP contribution in [0, 0.1) is 10.7 Å². The van der Waals surface area contributed by atoms with Gasteiger partial charge in [0.05, 0.1) is 21.4 Å². The van der Waals surface area contributed by atoms with Crippen LogP contribution in [0.1, 0.15) is 0 Å². The van der Waals surface area contributed by atoms with Crippen molar-refractivity contribution in [1.82, 2.24) is 29.6 Å². The number of H-pyrrole nitrogens is 2. The molecule has 0 unspecified atom stereocenters. The number of nitrogens with zero attached hydrogens (tertiary/aromatic N) is 4. The fourth-order valence-electron chi connectivity index (χ4n) is 5.23. The summed E-state index contributed by atoms with van der Waals surface area (Å²) in [5.74, 6) is -2.97. The lowest BCUT2D eigenvalue weighted by atomic mass is 10.1. The van der Waals surface area contributed by atoms with Crippen LogP contribution in [0.4, 0.5) is 9.59 Å². The van der Waals surface area contributed by atoms with Crippen molar-refractivity contribution in [1.29, 1.82) is 0 Å². The summed E-state index contributed by atoms with van der Waals surface area (Å²) in [7, 11) is 5.22. The van der Waals surface area contributed by atoms with Gasteiger partial charge in [-0.05, 0) is 0 Å². The van der Waals surface area contributed by atoms with Crippen LogP contribution in [0.3, 0.4) is 0 Å². The van der Waals surface area contributed by atoms with Crippen LogP contribution in [-0.4, -0.2) is 93.4 Å². The van der Waals surface area contributed by atoms with Gasteiger partial charge in [0.25, 0.3) is 23.6 Å². The summed E-state index contributed by atoms with van der Waals surface area (Å²) in [6.45, 7) is 0. The monoisotopic (exact) mass is 538 g/mol. The number of hydrogen-bond donors (Lipinski definition) is 2. The molecule has 40 heavy (non-hydrogen) atoms. The van der Waals surface area contributed by atoms with Crippen molar-refractivity contribution in [2.24, 2.45) is 0 Å². The van der Waals surface area contributed by atoms with Crippen molar-refractivity contribution in [3.8, 4) is 0 Å². The lowest BCUT2D eigenvalue weighted by Crippen LogP contribution is -2.54. The Morgan fingerprint density at radius 3 is 0.950 bits per heavy atom.